The van der Waals surface area contributed by atoms with Gasteiger partial charge in [0.2, 0.25) is 0 Å². The summed E-state index contributed by atoms with van der Waals surface area (Å²) in [5.41, 5.74) is 1.07. The van der Waals surface area contributed by atoms with Gasteiger partial charge in [0.25, 0.3) is 17.7 Å². The average molecular weight is 409 g/mol. The van der Waals surface area contributed by atoms with Gasteiger partial charge in [-0.2, -0.15) is 5.01 Å². The molecule has 1 heterocycles. The van der Waals surface area contributed by atoms with Crippen molar-refractivity contribution >= 4 is 29.3 Å². The Labute approximate surface area is 174 Å². The van der Waals surface area contributed by atoms with Crippen molar-refractivity contribution in [2.24, 2.45) is 17.8 Å². The lowest BCUT2D eigenvalue weighted by Crippen LogP contribution is -2.50. The molecule has 0 unspecified atom stereocenters. The summed E-state index contributed by atoms with van der Waals surface area (Å²) in [6.45, 7) is 2.03. The van der Waals surface area contributed by atoms with Crippen LogP contribution in [-0.2, 0) is 16.1 Å². The highest BCUT2D eigenvalue weighted by Crippen LogP contribution is 2.39. The van der Waals surface area contributed by atoms with E-state index in [0.717, 1.165) is 10.6 Å². The van der Waals surface area contributed by atoms with Gasteiger partial charge in [-0.25, -0.2) is 5.01 Å². The van der Waals surface area contributed by atoms with E-state index in [-0.39, 0.29) is 34.9 Å². The van der Waals surface area contributed by atoms with Crippen molar-refractivity contribution in [1.29, 1.82) is 0 Å². The number of benzene rings is 2. The maximum Gasteiger partial charge on any atom is 0.274 e. The third kappa shape index (κ3) is 3.47. The van der Waals surface area contributed by atoms with Crippen LogP contribution < -0.4 is 0 Å². The van der Waals surface area contributed by atoms with Crippen LogP contribution in [0, 0.1) is 17.8 Å². The Morgan fingerprint density at radius 3 is 2.45 bits per heavy atom. The van der Waals surface area contributed by atoms with Crippen LogP contribution in [0.1, 0.15) is 29.3 Å². The fraction of sp³-hybridized carbons (Fsp3) is 0.261. The Balaban J connectivity index is 1.74. The monoisotopic (exact) mass is 408 g/mol. The molecule has 148 valence electrons. The molecular weight excluding hydrogens is 388 g/mol. The van der Waals surface area contributed by atoms with Crippen LogP contribution >= 0.6 is 11.6 Å². The minimum Gasteiger partial charge on any atom is -0.272 e. The Bertz CT molecular complexity index is 989. The van der Waals surface area contributed by atoms with Gasteiger partial charge in [0, 0.05) is 0 Å². The first kappa shape index (κ1) is 19.4. The molecule has 2 aromatic rings. The molecular formula is C23H21ClN2O3. The van der Waals surface area contributed by atoms with Crippen LogP contribution in [0.25, 0.3) is 0 Å². The molecule has 0 bridgehead atoms. The number of hydrogen-bond donors (Lipinski definition) is 0. The number of fused-ring (bicyclic) bond motifs is 1. The highest BCUT2D eigenvalue weighted by molar-refractivity contribution is 6.33. The fourth-order valence-electron chi connectivity index (χ4n) is 4.13. The van der Waals surface area contributed by atoms with E-state index in [9.17, 15) is 14.4 Å². The number of nitrogens with zero attached hydrogens (tertiary/aromatic N) is 2. The van der Waals surface area contributed by atoms with Crippen LogP contribution in [-0.4, -0.2) is 27.7 Å². The number of imide groups is 1. The Morgan fingerprint density at radius 1 is 1.07 bits per heavy atom. The Hall–Kier alpha value is -2.92. The lowest BCUT2D eigenvalue weighted by Gasteiger charge is -2.31. The molecule has 3 amide bonds. The molecule has 4 rings (SSSR count). The normalized spacial score (nSPS) is 23.2. The Morgan fingerprint density at radius 2 is 1.76 bits per heavy atom. The third-order valence-electron chi connectivity index (χ3n) is 5.60. The van der Waals surface area contributed by atoms with Crippen molar-refractivity contribution in [1.82, 2.24) is 10.0 Å². The van der Waals surface area contributed by atoms with Gasteiger partial charge in [-0.1, -0.05) is 73.1 Å². The van der Waals surface area contributed by atoms with Crippen molar-refractivity contribution in [3.8, 4) is 0 Å². The summed E-state index contributed by atoms with van der Waals surface area (Å²) in [5, 5.41) is 2.58. The van der Waals surface area contributed by atoms with Gasteiger partial charge in [0.1, 0.15) is 0 Å². The molecule has 1 aliphatic carbocycles. The molecule has 1 fully saturated rings. The molecule has 2 aliphatic rings. The molecule has 0 saturated carbocycles. The SMILES string of the molecule is C[C@@H]1C=CC[C@@H]2C(=O)N(N(Cc3ccccc3)C(=O)c3ccccc3Cl)C(=O)[C@@H]12. The fourth-order valence-corrected chi connectivity index (χ4v) is 4.35. The Kier molecular flexibility index (Phi) is 5.24. The minimum atomic E-state index is -0.472. The number of allylic oxidation sites excluding steroid dienone is 2. The zero-order valence-corrected chi connectivity index (χ0v) is 16.8. The van der Waals surface area contributed by atoms with Crippen molar-refractivity contribution in [2.45, 2.75) is 19.9 Å². The second-order valence-electron chi connectivity index (χ2n) is 7.47. The van der Waals surface area contributed by atoms with Crippen molar-refractivity contribution in [3.05, 3.63) is 82.9 Å². The molecule has 0 aromatic heterocycles. The van der Waals surface area contributed by atoms with E-state index in [4.69, 9.17) is 11.6 Å². The number of carbonyl (C=O) groups is 3. The van der Waals surface area contributed by atoms with Crippen molar-refractivity contribution in [2.75, 3.05) is 0 Å². The number of carbonyl (C=O) groups excluding carboxylic acids is 3. The predicted molar refractivity (Wildman–Crippen MR) is 110 cm³/mol. The van der Waals surface area contributed by atoms with Gasteiger partial charge >= 0.3 is 0 Å². The molecule has 5 nitrogen and oxygen atoms in total. The first-order chi connectivity index (χ1) is 14.0. The van der Waals surface area contributed by atoms with Crippen molar-refractivity contribution in [3.63, 3.8) is 0 Å². The second kappa shape index (κ2) is 7.84. The van der Waals surface area contributed by atoms with Gasteiger partial charge in [0.05, 0.1) is 29.0 Å². The van der Waals surface area contributed by atoms with Gasteiger partial charge in [0.15, 0.2) is 0 Å². The van der Waals surface area contributed by atoms with E-state index in [2.05, 4.69) is 0 Å². The molecule has 1 saturated heterocycles. The number of amides is 3. The van der Waals surface area contributed by atoms with Gasteiger partial charge in [-0.15, -0.1) is 0 Å². The highest BCUT2D eigenvalue weighted by atomic mass is 35.5. The molecule has 0 radical (unpaired) electrons. The molecule has 6 heteroatoms. The molecule has 29 heavy (non-hydrogen) atoms. The predicted octanol–water partition coefficient (Wildman–Crippen LogP) is 4.09. The third-order valence-corrected chi connectivity index (χ3v) is 5.93. The zero-order chi connectivity index (χ0) is 20.5. The number of hydrazine groups is 1. The smallest absolute Gasteiger partial charge is 0.272 e. The lowest BCUT2D eigenvalue weighted by atomic mass is 9.78. The second-order valence-corrected chi connectivity index (χ2v) is 7.88. The highest BCUT2D eigenvalue weighted by Gasteiger charge is 2.53. The number of halogens is 1. The molecule has 0 N–H and O–H groups in total. The molecule has 3 atom stereocenters. The van der Waals surface area contributed by atoms with Crippen LogP contribution in [0.3, 0.4) is 0 Å². The average Bonchev–Trinajstić information content (AvgIpc) is 2.98. The van der Waals surface area contributed by atoms with E-state index in [1.54, 1.807) is 24.3 Å². The standard InChI is InChI=1S/C23H21ClN2O3/c1-15-8-7-12-18-20(15)23(29)26(22(18)28)25(14-16-9-3-2-4-10-16)21(27)17-11-5-6-13-19(17)24/h2-11,13,15,18,20H,12,14H2,1H3/t15-,18+,20+/m1/s1. The van der Waals surface area contributed by atoms with E-state index in [0.29, 0.717) is 6.42 Å². The van der Waals surface area contributed by atoms with E-state index in [1.165, 1.54) is 5.01 Å². The van der Waals surface area contributed by atoms with E-state index >= 15 is 0 Å². The summed E-state index contributed by atoms with van der Waals surface area (Å²) in [6, 6.07) is 16.0. The molecule has 2 aromatic carbocycles. The van der Waals surface area contributed by atoms with Crippen LogP contribution in [0.15, 0.2) is 66.7 Å². The van der Waals surface area contributed by atoms with Crippen LogP contribution in [0.2, 0.25) is 5.02 Å². The van der Waals surface area contributed by atoms with Crippen LogP contribution in [0.5, 0.6) is 0 Å². The summed E-state index contributed by atoms with van der Waals surface area (Å²) in [5.74, 6) is -2.05. The van der Waals surface area contributed by atoms with Gasteiger partial charge in [-0.05, 0) is 30.0 Å². The number of rotatable bonds is 4. The summed E-state index contributed by atoms with van der Waals surface area (Å²) in [4.78, 5) is 39.9. The van der Waals surface area contributed by atoms with Gasteiger partial charge < -0.3 is 0 Å². The quantitative estimate of drug-likeness (QED) is 0.565. The first-order valence-electron chi connectivity index (χ1n) is 9.63. The minimum absolute atomic E-state index is 0.0517. The summed E-state index contributed by atoms with van der Waals surface area (Å²) >= 11 is 6.24. The van der Waals surface area contributed by atoms with E-state index in [1.807, 2.05) is 49.4 Å². The summed E-state index contributed by atoms with van der Waals surface area (Å²) in [7, 11) is 0. The maximum absolute atomic E-state index is 13.4. The molecule has 0 spiro atoms. The lowest BCUT2D eigenvalue weighted by molar-refractivity contribution is -0.155. The first-order valence-corrected chi connectivity index (χ1v) is 10.0. The molecule has 1 aliphatic heterocycles. The topological polar surface area (TPSA) is 57.7 Å². The number of hydrogen-bond acceptors (Lipinski definition) is 3. The van der Waals surface area contributed by atoms with Gasteiger partial charge in [-0.3, -0.25) is 14.4 Å². The van der Waals surface area contributed by atoms with Crippen molar-refractivity contribution < 1.29 is 14.4 Å². The largest absolute Gasteiger partial charge is 0.274 e. The maximum atomic E-state index is 13.4. The van der Waals surface area contributed by atoms with Crippen LogP contribution in [0.4, 0.5) is 0 Å². The summed E-state index contributed by atoms with van der Waals surface area (Å²) < 4.78 is 0. The van der Waals surface area contributed by atoms with E-state index < -0.39 is 17.7 Å². The summed E-state index contributed by atoms with van der Waals surface area (Å²) in [6.07, 6.45) is 4.42. The zero-order valence-electron chi connectivity index (χ0n) is 16.0.